The summed E-state index contributed by atoms with van der Waals surface area (Å²) in [4.78, 5) is 13.8. The number of aliphatic imine (C=N–C) groups is 1. The molecule has 1 heterocycles. The first-order valence-electron chi connectivity index (χ1n) is 3.70. The number of carbonyl (C=O) groups is 1. The van der Waals surface area contributed by atoms with E-state index in [9.17, 15) is 4.79 Å². The molecule has 0 amide bonds. The van der Waals surface area contributed by atoms with E-state index in [2.05, 4.69) is 21.0 Å². The Morgan fingerprint density at radius 2 is 2.67 bits per heavy atom. The predicted octanol–water partition coefficient (Wildman–Crippen LogP) is 0.780. The van der Waals surface area contributed by atoms with Crippen molar-refractivity contribution in [2.75, 3.05) is 19.8 Å². The molecular formula is C8H13NO3. The molecule has 0 unspecified atom stereocenters. The number of hydrogen-bond donors (Lipinski definition) is 0. The molecule has 1 aliphatic rings. The van der Waals surface area contributed by atoms with E-state index < -0.39 is 0 Å². The molecule has 0 aliphatic carbocycles. The van der Waals surface area contributed by atoms with E-state index in [0.717, 1.165) is 19.2 Å². The van der Waals surface area contributed by atoms with Crippen molar-refractivity contribution in [2.24, 2.45) is 4.99 Å². The Kier molecular flexibility index (Phi) is 6.93. The van der Waals surface area contributed by atoms with Crippen molar-refractivity contribution in [2.45, 2.75) is 6.92 Å². The van der Waals surface area contributed by atoms with Crippen LogP contribution in [0.1, 0.15) is 6.92 Å². The van der Waals surface area contributed by atoms with Crippen LogP contribution in [0.2, 0.25) is 0 Å². The van der Waals surface area contributed by atoms with Crippen molar-refractivity contribution >= 4 is 12.4 Å². The van der Waals surface area contributed by atoms with Gasteiger partial charge >= 0.3 is 5.97 Å². The molecule has 0 radical (unpaired) electrons. The van der Waals surface area contributed by atoms with Gasteiger partial charge in [0.05, 0.1) is 13.2 Å². The van der Waals surface area contributed by atoms with E-state index >= 15 is 0 Å². The lowest BCUT2D eigenvalue weighted by Crippen LogP contribution is -1.97. The second kappa shape index (κ2) is 7.78. The summed E-state index contributed by atoms with van der Waals surface area (Å²) in [5.41, 5.74) is 0. The monoisotopic (exact) mass is 171 g/mol. The second-order valence-electron chi connectivity index (χ2n) is 1.84. The molecule has 0 spiro atoms. The van der Waals surface area contributed by atoms with E-state index in [1.54, 1.807) is 6.92 Å². The Morgan fingerprint density at radius 3 is 2.83 bits per heavy atom. The van der Waals surface area contributed by atoms with E-state index in [0.29, 0.717) is 6.61 Å². The van der Waals surface area contributed by atoms with Crippen LogP contribution in [0.5, 0.6) is 0 Å². The maximum absolute atomic E-state index is 10.1. The normalized spacial score (nSPS) is 12.4. The average Bonchev–Trinajstić information content (AvgIpc) is 2.62. The Morgan fingerprint density at radius 1 is 1.92 bits per heavy atom. The minimum Gasteiger partial charge on any atom is -0.482 e. The summed E-state index contributed by atoms with van der Waals surface area (Å²) < 4.78 is 9.09. The number of hydrogen-bond acceptors (Lipinski definition) is 4. The molecular weight excluding hydrogens is 158 g/mol. The van der Waals surface area contributed by atoms with E-state index in [1.165, 1.54) is 6.40 Å². The van der Waals surface area contributed by atoms with Gasteiger partial charge in [0.2, 0.25) is 0 Å². The van der Waals surface area contributed by atoms with Crippen LogP contribution in [0.15, 0.2) is 17.6 Å². The summed E-state index contributed by atoms with van der Waals surface area (Å²) in [5.74, 6) is -0.359. The highest BCUT2D eigenvalue weighted by Crippen LogP contribution is 1.78. The third-order valence-corrected chi connectivity index (χ3v) is 0.941. The lowest BCUT2D eigenvalue weighted by molar-refractivity contribution is -0.137. The number of rotatable bonds is 2. The first-order chi connectivity index (χ1) is 5.81. The number of ether oxygens (including phenoxy) is 2. The van der Waals surface area contributed by atoms with Gasteiger partial charge in [0.15, 0.2) is 6.40 Å². The largest absolute Gasteiger partial charge is 0.482 e. The van der Waals surface area contributed by atoms with Crippen molar-refractivity contribution in [3.8, 4) is 0 Å². The van der Waals surface area contributed by atoms with Gasteiger partial charge < -0.3 is 9.47 Å². The lowest BCUT2D eigenvalue weighted by Gasteiger charge is -1.90. The minimum absolute atomic E-state index is 0.359. The van der Waals surface area contributed by atoms with Crippen molar-refractivity contribution in [1.82, 2.24) is 0 Å². The fourth-order valence-electron chi connectivity index (χ4n) is 0.465. The van der Waals surface area contributed by atoms with E-state index in [1.807, 2.05) is 0 Å². The van der Waals surface area contributed by atoms with E-state index in [4.69, 9.17) is 0 Å². The van der Waals surface area contributed by atoms with Gasteiger partial charge in [-0.2, -0.15) is 0 Å². The van der Waals surface area contributed by atoms with Crippen LogP contribution in [0.3, 0.4) is 0 Å². The highest BCUT2D eigenvalue weighted by atomic mass is 16.5. The summed E-state index contributed by atoms with van der Waals surface area (Å²) in [7, 11) is 0. The number of carbonyl (C=O) groups excluding carboxylic acids is 1. The summed E-state index contributed by atoms with van der Waals surface area (Å²) in [6.07, 6.45) is 2.63. The molecule has 0 saturated heterocycles. The quantitative estimate of drug-likeness (QED) is 0.455. The Hall–Kier alpha value is -1.32. The second-order valence-corrected chi connectivity index (χ2v) is 1.84. The zero-order valence-corrected chi connectivity index (χ0v) is 7.16. The maximum Gasteiger partial charge on any atom is 0.330 e. The summed E-state index contributed by atoms with van der Waals surface area (Å²) in [6, 6.07) is 0. The third-order valence-electron chi connectivity index (χ3n) is 0.941. The predicted molar refractivity (Wildman–Crippen MR) is 46.1 cm³/mol. The molecule has 0 aromatic heterocycles. The number of nitrogens with zero attached hydrogens (tertiary/aromatic N) is 1. The Balaban J connectivity index is 0.000000211. The standard InChI is InChI=1S/C5H8O2.C3H5NO/c1-3-5(6)7-4-2;1-2-5-3-4-1/h3H,1,4H2,2H3;3H,1-2H2. The van der Waals surface area contributed by atoms with Gasteiger partial charge in [-0.15, -0.1) is 0 Å². The molecule has 0 bridgehead atoms. The van der Waals surface area contributed by atoms with Crippen molar-refractivity contribution in [3.63, 3.8) is 0 Å². The first-order valence-corrected chi connectivity index (χ1v) is 3.70. The van der Waals surface area contributed by atoms with Crippen molar-refractivity contribution in [3.05, 3.63) is 12.7 Å². The van der Waals surface area contributed by atoms with E-state index in [-0.39, 0.29) is 5.97 Å². The van der Waals surface area contributed by atoms with Gasteiger partial charge in [-0.1, -0.05) is 6.58 Å². The average molecular weight is 171 g/mol. The van der Waals surface area contributed by atoms with Crippen molar-refractivity contribution < 1.29 is 14.3 Å². The SMILES string of the molecule is C1=NCCO1.C=CC(=O)OCC. The summed E-state index contributed by atoms with van der Waals surface area (Å²) in [5, 5.41) is 0. The molecule has 12 heavy (non-hydrogen) atoms. The molecule has 0 fully saturated rings. The maximum atomic E-state index is 10.1. The highest BCUT2D eigenvalue weighted by Gasteiger charge is 1.86. The van der Waals surface area contributed by atoms with Crippen LogP contribution < -0.4 is 0 Å². The minimum atomic E-state index is -0.359. The fourth-order valence-corrected chi connectivity index (χ4v) is 0.465. The number of esters is 1. The van der Waals surface area contributed by atoms with Crippen LogP contribution in [0, 0.1) is 0 Å². The third kappa shape index (κ3) is 6.80. The van der Waals surface area contributed by atoms with Crippen LogP contribution in [-0.2, 0) is 14.3 Å². The highest BCUT2D eigenvalue weighted by molar-refractivity contribution is 5.81. The van der Waals surface area contributed by atoms with Crippen LogP contribution in [0.25, 0.3) is 0 Å². The molecule has 0 aromatic rings. The van der Waals surface area contributed by atoms with Crippen LogP contribution in [-0.4, -0.2) is 32.1 Å². The molecule has 68 valence electrons. The fraction of sp³-hybridized carbons (Fsp3) is 0.500. The van der Waals surface area contributed by atoms with Gasteiger partial charge in [0.1, 0.15) is 6.61 Å². The van der Waals surface area contributed by atoms with Gasteiger partial charge in [0.25, 0.3) is 0 Å². The van der Waals surface area contributed by atoms with Gasteiger partial charge in [0, 0.05) is 6.08 Å². The van der Waals surface area contributed by atoms with Gasteiger partial charge in [-0.25, -0.2) is 4.79 Å². The molecule has 1 rings (SSSR count). The van der Waals surface area contributed by atoms with Gasteiger partial charge in [-0.05, 0) is 6.92 Å². The topological polar surface area (TPSA) is 47.9 Å². The Bertz CT molecular complexity index is 160. The summed E-state index contributed by atoms with van der Waals surface area (Å²) in [6.45, 7) is 7.00. The lowest BCUT2D eigenvalue weighted by atomic mass is 10.6. The van der Waals surface area contributed by atoms with Crippen LogP contribution in [0.4, 0.5) is 0 Å². The first kappa shape index (κ1) is 10.7. The smallest absolute Gasteiger partial charge is 0.330 e. The zero-order valence-electron chi connectivity index (χ0n) is 7.16. The molecule has 0 saturated carbocycles. The molecule has 0 N–H and O–H groups in total. The molecule has 4 nitrogen and oxygen atoms in total. The summed E-state index contributed by atoms with van der Waals surface area (Å²) >= 11 is 0. The molecule has 0 aromatic carbocycles. The zero-order chi connectivity index (χ0) is 9.23. The van der Waals surface area contributed by atoms with Gasteiger partial charge in [-0.3, -0.25) is 4.99 Å². The van der Waals surface area contributed by atoms with Crippen LogP contribution >= 0.6 is 0 Å². The van der Waals surface area contributed by atoms with Crippen molar-refractivity contribution in [1.29, 1.82) is 0 Å². The molecule has 1 aliphatic heterocycles. The Labute approximate surface area is 71.9 Å². The molecule has 4 heteroatoms. The molecule has 0 atom stereocenters.